The standard InChI is InChI=1S/C6H11B2O2.2CH4/c1-4-6(2,3)5(9)10-8-7;;/h4H2,1-3H3;2*1H4. The van der Waals surface area contributed by atoms with Crippen LogP contribution in [-0.4, -0.2) is 21.1 Å². The van der Waals surface area contributed by atoms with Gasteiger partial charge in [-0.25, -0.2) is 0 Å². The van der Waals surface area contributed by atoms with E-state index in [1.54, 1.807) is 0 Å². The Hall–Kier alpha value is -0.400. The lowest BCUT2D eigenvalue weighted by atomic mass is 9.71. The normalized spacial score (nSPS) is 8.92. The van der Waals surface area contributed by atoms with E-state index >= 15 is 0 Å². The zero-order chi connectivity index (χ0) is 8.20. The van der Waals surface area contributed by atoms with Crippen molar-refractivity contribution in [1.82, 2.24) is 0 Å². The Labute approximate surface area is 78.7 Å². The highest BCUT2D eigenvalue weighted by molar-refractivity contribution is 6.86. The molecule has 4 heteroatoms. The van der Waals surface area contributed by atoms with Crippen LogP contribution in [0.1, 0.15) is 42.0 Å². The van der Waals surface area contributed by atoms with Gasteiger partial charge in [-0.15, -0.1) is 0 Å². The molecule has 0 aliphatic carbocycles. The lowest BCUT2D eigenvalue weighted by Gasteiger charge is -2.19. The molecule has 0 N–H and O–H groups in total. The predicted octanol–water partition coefficient (Wildman–Crippen LogP) is 1.94. The van der Waals surface area contributed by atoms with Crippen molar-refractivity contribution in [3.8, 4) is 0 Å². The van der Waals surface area contributed by atoms with Crippen LogP contribution in [0, 0.1) is 5.41 Å². The van der Waals surface area contributed by atoms with E-state index < -0.39 is 5.41 Å². The van der Waals surface area contributed by atoms with Crippen LogP contribution < -0.4 is 0 Å². The second-order valence-electron chi connectivity index (χ2n) is 2.78. The van der Waals surface area contributed by atoms with Gasteiger partial charge >= 0.3 is 7.37 Å². The van der Waals surface area contributed by atoms with E-state index in [0.29, 0.717) is 0 Å². The van der Waals surface area contributed by atoms with E-state index in [1.807, 2.05) is 20.8 Å². The molecule has 0 bridgehead atoms. The van der Waals surface area contributed by atoms with Gasteiger partial charge in [-0.1, -0.05) is 21.8 Å². The molecule has 0 amide bonds. The van der Waals surface area contributed by atoms with Gasteiger partial charge in [0.15, 0.2) is 0 Å². The van der Waals surface area contributed by atoms with Crippen LogP contribution in [0.15, 0.2) is 0 Å². The molecule has 0 aliphatic rings. The fourth-order valence-corrected chi connectivity index (χ4v) is 0.366. The van der Waals surface area contributed by atoms with Crippen LogP contribution >= 0.6 is 0 Å². The molecule has 0 heterocycles. The minimum Gasteiger partial charge on any atom is -0.550 e. The van der Waals surface area contributed by atoms with E-state index in [1.165, 1.54) is 0 Å². The third-order valence-electron chi connectivity index (χ3n) is 1.61. The van der Waals surface area contributed by atoms with E-state index in [2.05, 4.69) is 4.65 Å². The molecule has 12 heavy (non-hydrogen) atoms. The summed E-state index contributed by atoms with van der Waals surface area (Å²) in [6, 6.07) is 0. The van der Waals surface area contributed by atoms with E-state index in [0.717, 1.165) is 13.8 Å². The van der Waals surface area contributed by atoms with E-state index in [9.17, 15) is 4.79 Å². The predicted molar refractivity (Wildman–Crippen MR) is 55.1 cm³/mol. The van der Waals surface area contributed by atoms with Crippen molar-refractivity contribution in [1.29, 1.82) is 0 Å². The highest BCUT2D eigenvalue weighted by Crippen LogP contribution is 2.20. The Balaban J connectivity index is -0.000000405. The quantitative estimate of drug-likeness (QED) is 0.603. The Morgan fingerprint density at radius 1 is 1.50 bits per heavy atom. The molecule has 0 fully saturated rings. The summed E-state index contributed by atoms with van der Waals surface area (Å²) in [4.78, 5) is 11.0. The first-order chi connectivity index (χ1) is 4.54. The van der Waals surface area contributed by atoms with Crippen LogP contribution in [0.2, 0.25) is 0 Å². The summed E-state index contributed by atoms with van der Waals surface area (Å²) in [5, 5.41) is 0. The molecule has 69 valence electrons. The molecule has 0 saturated heterocycles. The van der Waals surface area contributed by atoms with Crippen LogP contribution in [-0.2, 0) is 9.45 Å². The summed E-state index contributed by atoms with van der Waals surface area (Å²) in [5.41, 5.74) is -0.421. The van der Waals surface area contributed by atoms with Gasteiger partial charge in [-0.2, -0.15) is 0 Å². The zero-order valence-electron chi connectivity index (χ0n) is 6.68. The molecule has 0 aliphatic heterocycles. The van der Waals surface area contributed by atoms with Gasteiger partial charge < -0.3 is 4.65 Å². The van der Waals surface area contributed by atoms with Crippen LogP contribution in [0.25, 0.3) is 0 Å². The lowest BCUT2D eigenvalue weighted by Crippen LogP contribution is -2.27. The SMILES string of the molecule is C.C.[B][B]OC(=O)C(C)(C)CC. The summed E-state index contributed by atoms with van der Waals surface area (Å²) >= 11 is 0. The second kappa shape index (κ2) is 7.26. The van der Waals surface area contributed by atoms with Crippen molar-refractivity contribution in [2.24, 2.45) is 5.41 Å². The number of hydrogen-bond acceptors (Lipinski definition) is 2. The minimum absolute atomic E-state index is 0. The molecule has 0 aromatic rings. The summed E-state index contributed by atoms with van der Waals surface area (Å²) in [5.74, 6) is -0.280. The fraction of sp³-hybridized carbons (Fsp3) is 0.875. The molecule has 0 rings (SSSR count). The second-order valence-corrected chi connectivity index (χ2v) is 2.78. The monoisotopic (exact) mass is 169 g/mol. The summed E-state index contributed by atoms with van der Waals surface area (Å²) in [7, 11) is 5.83. The number of carbonyl (C=O) groups is 1. The molecule has 0 unspecified atom stereocenters. The average Bonchev–Trinajstić information content (AvgIpc) is 1.89. The van der Waals surface area contributed by atoms with Gasteiger partial charge in [-0.3, -0.25) is 4.79 Å². The summed E-state index contributed by atoms with van der Waals surface area (Å²) in [6.07, 6.45) is 0.750. The van der Waals surface area contributed by atoms with Crippen LogP contribution in [0.4, 0.5) is 0 Å². The number of rotatable bonds is 3. The van der Waals surface area contributed by atoms with Crippen molar-refractivity contribution < 1.29 is 9.45 Å². The smallest absolute Gasteiger partial charge is 0.306 e. The summed E-state index contributed by atoms with van der Waals surface area (Å²) < 4.78 is 4.51. The third kappa shape index (κ3) is 5.28. The maximum absolute atomic E-state index is 11.0. The van der Waals surface area contributed by atoms with Crippen molar-refractivity contribution in [2.45, 2.75) is 42.0 Å². The minimum atomic E-state index is -0.421. The molecule has 0 aromatic carbocycles. The first-order valence-corrected chi connectivity index (χ1v) is 3.29. The van der Waals surface area contributed by atoms with Gasteiger partial charge in [0.05, 0.1) is 13.2 Å². The van der Waals surface area contributed by atoms with Gasteiger partial charge in [-0.05, 0) is 20.3 Å². The zero-order valence-corrected chi connectivity index (χ0v) is 6.68. The molecule has 3 radical (unpaired) electrons. The Kier molecular flexibility index (Phi) is 10.7. The molecule has 0 spiro atoms. The maximum atomic E-state index is 11.0. The molecule has 0 saturated carbocycles. The maximum Gasteiger partial charge on any atom is 0.306 e. The van der Waals surface area contributed by atoms with E-state index in [4.69, 9.17) is 7.74 Å². The highest BCUT2D eigenvalue weighted by atomic mass is 16.5. The van der Waals surface area contributed by atoms with Crippen molar-refractivity contribution >= 4 is 21.1 Å². The molecular weight excluding hydrogens is 150 g/mol. The van der Waals surface area contributed by atoms with Gasteiger partial charge in [0, 0.05) is 0 Å². The van der Waals surface area contributed by atoms with Gasteiger partial charge in [0.1, 0.15) is 0 Å². The largest absolute Gasteiger partial charge is 0.550 e. The van der Waals surface area contributed by atoms with Gasteiger partial charge in [0.25, 0.3) is 5.97 Å². The number of carbonyl (C=O) groups excluding carboxylic acids is 1. The fourth-order valence-electron chi connectivity index (χ4n) is 0.366. The first-order valence-electron chi connectivity index (χ1n) is 3.29. The summed E-state index contributed by atoms with van der Waals surface area (Å²) in [6.45, 7) is 5.56. The van der Waals surface area contributed by atoms with Crippen molar-refractivity contribution in [2.75, 3.05) is 0 Å². The van der Waals surface area contributed by atoms with Gasteiger partial charge in [0.2, 0.25) is 0 Å². The Morgan fingerprint density at radius 3 is 2.17 bits per heavy atom. The third-order valence-corrected chi connectivity index (χ3v) is 1.61. The average molecular weight is 169 g/mol. The van der Waals surface area contributed by atoms with E-state index in [-0.39, 0.29) is 20.8 Å². The molecule has 0 aromatic heterocycles. The molecule has 2 nitrogen and oxygen atoms in total. The molecular formula is C8H19B2O2. The lowest BCUT2D eigenvalue weighted by molar-refractivity contribution is -0.143. The molecule has 0 atom stereocenters. The Morgan fingerprint density at radius 2 is 1.92 bits per heavy atom. The topological polar surface area (TPSA) is 26.3 Å². The van der Waals surface area contributed by atoms with Crippen LogP contribution in [0.5, 0.6) is 0 Å². The van der Waals surface area contributed by atoms with Crippen LogP contribution in [0.3, 0.4) is 0 Å². The number of hydrogen-bond donors (Lipinski definition) is 0. The highest BCUT2D eigenvalue weighted by Gasteiger charge is 2.25. The van der Waals surface area contributed by atoms with Crippen molar-refractivity contribution in [3.05, 3.63) is 0 Å². The Bertz CT molecular complexity index is 124. The first kappa shape index (κ1) is 17.6. The van der Waals surface area contributed by atoms with Crippen molar-refractivity contribution in [3.63, 3.8) is 0 Å².